The SMILES string of the molecule is N#CCCN(CCC#N)C(=O)COC(=O)CCCCCN=C1NS(=O)(=O)c2ccccc21. The molecule has 0 saturated heterocycles. The van der Waals surface area contributed by atoms with Crippen LogP contribution in [-0.4, -0.2) is 57.3 Å². The van der Waals surface area contributed by atoms with Crippen LogP contribution in [0.3, 0.4) is 0 Å². The van der Waals surface area contributed by atoms with Gasteiger partial charge in [-0.05, 0) is 25.0 Å². The van der Waals surface area contributed by atoms with Gasteiger partial charge in [0.05, 0.1) is 29.9 Å². The number of esters is 1. The second-order valence-corrected chi connectivity index (χ2v) is 8.65. The van der Waals surface area contributed by atoms with Gasteiger partial charge in [0.25, 0.3) is 15.9 Å². The third-order valence-corrected chi connectivity index (χ3v) is 6.07. The summed E-state index contributed by atoms with van der Waals surface area (Å²) in [5.74, 6) is -0.600. The van der Waals surface area contributed by atoms with Gasteiger partial charge in [-0.1, -0.05) is 18.6 Å². The van der Waals surface area contributed by atoms with Crippen LogP contribution >= 0.6 is 0 Å². The summed E-state index contributed by atoms with van der Waals surface area (Å²) in [6, 6.07) is 10.5. The van der Waals surface area contributed by atoms with Crippen LogP contribution in [0.5, 0.6) is 0 Å². The molecule has 0 unspecified atom stereocenters. The predicted molar refractivity (Wildman–Crippen MR) is 115 cm³/mol. The number of sulfonamides is 1. The molecule has 1 N–H and O–H groups in total. The number of amidine groups is 1. The van der Waals surface area contributed by atoms with E-state index in [2.05, 4.69) is 9.71 Å². The van der Waals surface area contributed by atoms with Crippen molar-refractivity contribution in [1.29, 1.82) is 10.5 Å². The molecule has 1 amide bonds. The Hall–Kier alpha value is -3.44. The number of benzene rings is 1. The molecule has 0 atom stereocenters. The lowest BCUT2D eigenvalue weighted by molar-refractivity contribution is -0.152. The summed E-state index contributed by atoms with van der Waals surface area (Å²) < 4.78 is 31.5. The average molecular weight is 460 g/mol. The van der Waals surface area contributed by atoms with Crippen molar-refractivity contribution in [3.63, 3.8) is 0 Å². The number of amides is 1. The topological polar surface area (TPSA) is 153 Å². The molecule has 1 aromatic carbocycles. The smallest absolute Gasteiger partial charge is 0.306 e. The number of fused-ring (bicyclic) bond motifs is 1. The second kappa shape index (κ2) is 12.4. The Bertz CT molecular complexity index is 1020. The number of carbonyl (C=O) groups is 2. The predicted octanol–water partition coefficient (Wildman–Crippen LogP) is 1.48. The van der Waals surface area contributed by atoms with Crippen molar-refractivity contribution in [1.82, 2.24) is 9.62 Å². The van der Waals surface area contributed by atoms with E-state index in [4.69, 9.17) is 15.3 Å². The number of carbonyl (C=O) groups excluding carboxylic acids is 2. The van der Waals surface area contributed by atoms with Crippen LogP contribution in [0.25, 0.3) is 0 Å². The highest BCUT2D eigenvalue weighted by atomic mass is 32.2. The maximum absolute atomic E-state index is 12.1. The number of nitrogens with one attached hydrogen (secondary N) is 1. The lowest BCUT2D eigenvalue weighted by Gasteiger charge is -2.20. The maximum atomic E-state index is 12.1. The number of nitrogens with zero attached hydrogens (tertiary/aromatic N) is 4. The molecule has 0 bridgehead atoms. The highest BCUT2D eigenvalue weighted by Crippen LogP contribution is 2.22. The molecular weight excluding hydrogens is 434 g/mol. The molecule has 2 rings (SSSR count). The molecule has 0 spiro atoms. The molecule has 11 heteroatoms. The van der Waals surface area contributed by atoms with E-state index >= 15 is 0 Å². The van der Waals surface area contributed by atoms with Gasteiger partial charge in [0.1, 0.15) is 5.84 Å². The van der Waals surface area contributed by atoms with E-state index < -0.39 is 28.5 Å². The molecule has 1 heterocycles. The minimum Gasteiger partial charge on any atom is -0.456 e. The van der Waals surface area contributed by atoms with Crippen molar-refractivity contribution in [3.8, 4) is 12.1 Å². The van der Waals surface area contributed by atoms with Crippen molar-refractivity contribution in [3.05, 3.63) is 29.8 Å². The Labute approximate surface area is 187 Å². The minimum atomic E-state index is -3.55. The van der Waals surface area contributed by atoms with Crippen LogP contribution < -0.4 is 4.72 Å². The molecule has 1 aromatic rings. The van der Waals surface area contributed by atoms with Crippen LogP contribution in [0.1, 0.15) is 44.1 Å². The second-order valence-electron chi connectivity index (χ2n) is 7.00. The third-order valence-electron chi connectivity index (χ3n) is 4.67. The number of unbranched alkanes of at least 4 members (excludes halogenated alkanes) is 2. The Kier molecular flexibility index (Phi) is 9.64. The first kappa shape index (κ1) is 24.8. The normalized spacial score (nSPS) is 14.6. The molecule has 0 saturated carbocycles. The van der Waals surface area contributed by atoms with Crippen molar-refractivity contribution in [2.24, 2.45) is 4.99 Å². The van der Waals surface area contributed by atoms with Gasteiger partial charge in [-0.25, -0.2) is 8.42 Å². The van der Waals surface area contributed by atoms with Crippen LogP contribution in [0.4, 0.5) is 0 Å². The lowest BCUT2D eigenvalue weighted by atomic mass is 10.2. The minimum absolute atomic E-state index is 0.141. The molecular formula is C21H25N5O5S. The van der Waals surface area contributed by atoms with E-state index in [0.29, 0.717) is 37.2 Å². The molecule has 0 aromatic heterocycles. The number of aliphatic imine (C=N–C) groups is 1. The highest BCUT2D eigenvalue weighted by Gasteiger charge is 2.29. The molecule has 10 nitrogen and oxygen atoms in total. The van der Waals surface area contributed by atoms with E-state index in [1.807, 2.05) is 12.1 Å². The van der Waals surface area contributed by atoms with E-state index in [9.17, 15) is 18.0 Å². The number of rotatable bonds is 12. The van der Waals surface area contributed by atoms with Gasteiger partial charge < -0.3 is 9.64 Å². The summed E-state index contributed by atoms with van der Waals surface area (Å²) in [5, 5.41) is 17.3. The first-order valence-corrected chi connectivity index (χ1v) is 11.7. The first-order chi connectivity index (χ1) is 15.4. The maximum Gasteiger partial charge on any atom is 0.306 e. The largest absolute Gasteiger partial charge is 0.456 e. The fourth-order valence-electron chi connectivity index (χ4n) is 3.04. The summed E-state index contributed by atoms with van der Waals surface area (Å²) in [6.07, 6.45) is 2.33. The zero-order valence-electron chi connectivity index (χ0n) is 17.6. The molecule has 0 fully saturated rings. The molecule has 1 aliphatic rings. The van der Waals surface area contributed by atoms with Crippen molar-refractivity contribution < 1.29 is 22.7 Å². The standard InChI is InChI=1S/C21H25N5O5S/c22-11-6-14-26(15-7-12-23)19(27)16-31-20(28)10-2-1-5-13-24-21-17-8-3-4-9-18(17)32(29,30)25-21/h3-4,8-9H,1-2,5-7,10,13-16H2,(H,24,25). The first-order valence-electron chi connectivity index (χ1n) is 10.2. The van der Waals surface area contributed by atoms with Crippen molar-refractivity contribution in [2.45, 2.75) is 43.4 Å². The number of hydrogen-bond donors (Lipinski definition) is 1. The molecule has 1 aliphatic heterocycles. The summed E-state index contributed by atoms with van der Waals surface area (Å²) in [4.78, 5) is 29.8. The Morgan fingerprint density at radius 2 is 1.75 bits per heavy atom. The Morgan fingerprint density at radius 3 is 2.44 bits per heavy atom. The fraction of sp³-hybridized carbons (Fsp3) is 0.476. The monoisotopic (exact) mass is 459 g/mol. The molecule has 170 valence electrons. The third kappa shape index (κ3) is 7.36. The van der Waals surface area contributed by atoms with Crippen LogP contribution in [0.2, 0.25) is 0 Å². The Morgan fingerprint density at radius 1 is 1.06 bits per heavy atom. The zero-order chi connectivity index (χ0) is 23.4. The zero-order valence-corrected chi connectivity index (χ0v) is 18.4. The van der Waals surface area contributed by atoms with Gasteiger partial charge in [-0.2, -0.15) is 10.5 Å². The van der Waals surface area contributed by atoms with Gasteiger partial charge in [-0.15, -0.1) is 0 Å². The average Bonchev–Trinajstić information content (AvgIpc) is 3.04. The van der Waals surface area contributed by atoms with E-state index in [-0.39, 0.29) is 37.2 Å². The van der Waals surface area contributed by atoms with Crippen molar-refractivity contribution >= 4 is 27.7 Å². The summed E-state index contributed by atoms with van der Waals surface area (Å²) >= 11 is 0. The van der Waals surface area contributed by atoms with Gasteiger partial charge in [0.2, 0.25) is 0 Å². The lowest BCUT2D eigenvalue weighted by Crippen LogP contribution is -2.36. The summed E-state index contributed by atoms with van der Waals surface area (Å²) in [7, 11) is -3.55. The quantitative estimate of drug-likeness (QED) is 0.367. The summed E-state index contributed by atoms with van der Waals surface area (Å²) in [5.41, 5.74) is 0.555. The molecule has 0 radical (unpaired) electrons. The van der Waals surface area contributed by atoms with E-state index in [1.165, 1.54) is 11.0 Å². The van der Waals surface area contributed by atoms with Crippen molar-refractivity contribution in [2.75, 3.05) is 26.2 Å². The summed E-state index contributed by atoms with van der Waals surface area (Å²) in [6.45, 7) is 0.380. The number of nitriles is 2. The van der Waals surface area contributed by atoms with Crippen LogP contribution in [0, 0.1) is 22.7 Å². The van der Waals surface area contributed by atoms with Crippen LogP contribution in [-0.2, 0) is 24.3 Å². The van der Waals surface area contributed by atoms with Gasteiger partial charge in [0, 0.05) is 31.6 Å². The number of ether oxygens (including phenoxy) is 1. The fourth-order valence-corrected chi connectivity index (χ4v) is 4.29. The number of hydrogen-bond acceptors (Lipinski definition) is 8. The Balaban J connectivity index is 1.67. The molecule has 0 aliphatic carbocycles. The van der Waals surface area contributed by atoms with Gasteiger partial charge in [-0.3, -0.25) is 19.3 Å². The molecule has 32 heavy (non-hydrogen) atoms. The van der Waals surface area contributed by atoms with Crippen LogP contribution in [0.15, 0.2) is 34.2 Å². The highest BCUT2D eigenvalue weighted by molar-refractivity contribution is 7.90. The van der Waals surface area contributed by atoms with E-state index in [0.717, 1.165) is 0 Å². The van der Waals surface area contributed by atoms with E-state index in [1.54, 1.807) is 18.2 Å². The van der Waals surface area contributed by atoms with Gasteiger partial charge >= 0.3 is 5.97 Å². The van der Waals surface area contributed by atoms with Gasteiger partial charge in [0.15, 0.2) is 6.61 Å².